The molecule has 1 amide bonds. The zero-order valence-corrected chi connectivity index (χ0v) is 15.8. The minimum atomic E-state index is -0.0998. The highest BCUT2D eigenvalue weighted by atomic mass is 16.5. The molecule has 9 heteroatoms. The van der Waals surface area contributed by atoms with Crippen molar-refractivity contribution in [3.05, 3.63) is 30.4 Å². The number of amides is 1. The molecule has 0 saturated carbocycles. The van der Waals surface area contributed by atoms with E-state index in [4.69, 9.17) is 4.74 Å². The molecule has 0 unspecified atom stereocenters. The third-order valence-electron chi connectivity index (χ3n) is 4.69. The van der Waals surface area contributed by atoms with Gasteiger partial charge in [-0.15, -0.1) is 5.10 Å². The predicted octanol–water partition coefficient (Wildman–Crippen LogP) is 0.885. The van der Waals surface area contributed by atoms with E-state index in [1.54, 1.807) is 17.1 Å². The summed E-state index contributed by atoms with van der Waals surface area (Å²) in [4.78, 5) is 18.5. The van der Waals surface area contributed by atoms with Gasteiger partial charge in [0, 0.05) is 12.7 Å². The Morgan fingerprint density at radius 2 is 2.22 bits per heavy atom. The van der Waals surface area contributed by atoms with Gasteiger partial charge in [-0.05, 0) is 60.8 Å². The maximum atomic E-state index is 12.1. The Balaban J connectivity index is 1.35. The summed E-state index contributed by atoms with van der Waals surface area (Å²) in [5.41, 5.74) is 0. The van der Waals surface area contributed by atoms with Gasteiger partial charge in [0.25, 0.3) is 0 Å². The van der Waals surface area contributed by atoms with Crippen molar-refractivity contribution < 1.29 is 9.53 Å². The molecule has 9 nitrogen and oxygen atoms in total. The first-order valence-electron chi connectivity index (χ1n) is 9.47. The van der Waals surface area contributed by atoms with E-state index in [9.17, 15) is 4.79 Å². The summed E-state index contributed by atoms with van der Waals surface area (Å²) in [7, 11) is 0. The van der Waals surface area contributed by atoms with Crippen LogP contribution in [0.3, 0.4) is 0 Å². The second-order valence-corrected chi connectivity index (χ2v) is 6.95. The number of piperidine rings is 1. The SMILES string of the molecule is CC1CCN(Cc2nnnn2CC(=O)NCCCOc2cccnc2)CC1. The van der Waals surface area contributed by atoms with Gasteiger partial charge in [0.2, 0.25) is 5.91 Å². The van der Waals surface area contributed by atoms with Crippen molar-refractivity contribution in [3.8, 4) is 5.75 Å². The standard InChI is InChI=1S/C18H27N7O2/c1-15-5-9-24(10-6-15)13-17-21-22-23-25(17)14-18(26)20-8-3-11-27-16-4-2-7-19-12-16/h2,4,7,12,15H,3,5-6,8-11,13-14H2,1H3,(H,20,26). The Kier molecular flexibility index (Phi) is 7.09. The lowest BCUT2D eigenvalue weighted by molar-refractivity contribution is -0.121. The lowest BCUT2D eigenvalue weighted by Crippen LogP contribution is -2.34. The fourth-order valence-electron chi connectivity index (χ4n) is 2.99. The molecule has 0 bridgehead atoms. The second-order valence-electron chi connectivity index (χ2n) is 6.95. The van der Waals surface area contributed by atoms with E-state index in [0.29, 0.717) is 19.7 Å². The van der Waals surface area contributed by atoms with Crippen LogP contribution in [-0.2, 0) is 17.9 Å². The molecule has 1 N–H and O–H groups in total. The molecule has 2 aromatic heterocycles. The van der Waals surface area contributed by atoms with Crippen molar-refractivity contribution in [3.63, 3.8) is 0 Å². The number of nitrogens with one attached hydrogen (secondary N) is 1. The van der Waals surface area contributed by atoms with Gasteiger partial charge in [-0.2, -0.15) is 0 Å². The zero-order chi connectivity index (χ0) is 18.9. The van der Waals surface area contributed by atoms with Crippen LogP contribution in [0.2, 0.25) is 0 Å². The van der Waals surface area contributed by atoms with Crippen LogP contribution >= 0.6 is 0 Å². The Morgan fingerprint density at radius 3 is 3.00 bits per heavy atom. The third-order valence-corrected chi connectivity index (χ3v) is 4.69. The monoisotopic (exact) mass is 373 g/mol. The summed E-state index contributed by atoms with van der Waals surface area (Å²) in [6.07, 6.45) is 6.48. The average molecular weight is 373 g/mol. The Morgan fingerprint density at radius 1 is 1.37 bits per heavy atom. The van der Waals surface area contributed by atoms with E-state index >= 15 is 0 Å². The molecule has 0 aliphatic carbocycles. The summed E-state index contributed by atoms with van der Waals surface area (Å²) >= 11 is 0. The minimum Gasteiger partial charge on any atom is -0.492 e. The summed E-state index contributed by atoms with van der Waals surface area (Å²) < 4.78 is 7.13. The van der Waals surface area contributed by atoms with E-state index in [1.165, 1.54) is 12.8 Å². The fraction of sp³-hybridized carbons (Fsp3) is 0.611. The van der Waals surface area contributed by atoms with Gasteiger partial charge in [0.05, 0.1) is 19.3 Å². The van der Waals surface area contributed by atoms with Gasteiger partial charge < -0.3 is 10.1 Å². The summed E-state index contributed by atoms with van der Waals surface area (Å²) in [5, 5.41) is 14.6. The zero-order valence-electron chi connectivity index (χ0n) is 15.8. The molecule has 0 spiro atoms. The molecule has 1 saturated heterocycles. The first kappa shape index (κ1) is 19.2. The van der Waals surface area contributed by atoms with Gasteiger partial charge in [0.15, 0.2) is 5.82 Å². The molecule has 3 rings (SSSR count). The van der Waals surface area contributed by atoms with Crippen molar-refractivity contribution in [1.29, 1.82) is 0 Å². The first-order chi connectivity index (χ1) is 13.2. The van der Waals surface area contributed by atoms with E-state index in [-0.39, 0.29) is 12.5 Å². The number of rotatable bonds is 9. The lowest BCUT2D eigenvalue weighted by atomic mass is 9.99. The second kappa shape index (κ2) is 9.96. The van der Waals surface area contributed by atoms with Crippen LogP contribution in [-0.4, -0.2) is 62.2 Å². The molecule has 146 valence electrons. The van der Waals surface area contributed by atoms with Crippen molar-refractivity contribution in [2.75, 3.05) is 26.2 Å². The molecule has 3 heterocycles. The van der Waals surface area contributed by atoms with Crippen molar-refractivity contribution >= 4 is 5.91 Å². The minimum absolute atomic E-state index is 0.0998. The number of likely N-dealkylation sites (tertiary alicyclic amines) is 1. The first-order valence-corrected chi connectivity index (χ1v) is 9.47. The van der Waals surface area contributed by atoms with E-state index < -0.39 is 0 Å². The number of carbonyl (C=O) groups excluding carboxylic acids is 1. The highest BCUT2D eigenvalue weighted by Crippen LogP contribution is 2.17. The Labute approximate surface area is 159 Å². The molecule has 27 heavy (non-hydrogen) atoms. The number of carbonyl (C=O) groups is 1. The number of ether oxygens (including phenoxy) is 1. The number of nitrogens with zero attached hydrogens (tertiary/aromatic N) is 6. The van der Waals surface area contributed by atoms with Gasteiger partial charge in [-0.25, -0.2) is 4.68 Å². The number of tetrazole rings is 1. The average Bonchev–Trinajstić information content (AvgIpc) is 3.11. The molecule has 0 radical (unpaired) electrons. The van der Waals surface area contributed by atoms with Crippen molar-refractivity contribution in [1.82, 2.24) is 35.4 Å². The number of hydrogen-bond acceptors (Lipinski definition) is 7. The van der Waals surface area contributed by atoms with Crippen LogP contribution < -0.4 is 10.1 Å². The highest BCUT2D eigenvalue weighted by Gasteiger charge is 2.19. The largest absolute Gasteiger partial charge is 0.492 e. The van der Waals surface area contributed by atoms with Crippen LogP contribution in [0, 0.1) is 5.92 Å². The normalized spacial score (nSPS) is 15.6. The number of aromatic nitrogens is 5. The molecule has 1 fully saturated rings. The summed E-state index contributed by atoms with van der Waals surface area (Å²) in [5.74, 6) is 2.15. The van der Waals surface area contributed by atoms with Crippen molar-refractivity contribution in [2.45, 2.75) is 39.3 Å². The Hall–Kier alpha value is -2.55. The molecular weight excluding hydrogens is 346 g/mol. The van der Waals surface area contributed by atoms with E-state index in [0.717, 1.165) is 37.0 Å². The Bertz CT molecular complexity index is 699. The van der Waals surface area contributed by atoms with Gasteiger partial charge >= 0.3 is 0 Å². The van der Waals surface area contributed by atoms with Gasteiger partial charge in [-0.3, -0.25) is 14.7 Å². The predicted molar refractivity (Wildman–Crippen MR) is 98.9 cm³/mol. The third kappa shape index (κ3) is 6.28. The smallest absolute Gasteiger partial charge is 0.241 e. The van der Waals surface area contributed by atoms with Crippen LogP contribution in [0.5, 0.6) is 5.75 Å². The van der Waals surface area contributed by atoms with Gasteiger partial charge in [-0.1, -0.05) is 6.92 Å². The summed E-state index contributed by atoms with van der Waals surface area (Å²) in [6.45, 7) is 6.28. The van der Waals surface area contributed by atoms with Crippen molar-refractivity contribution in [2.24, 2.45) is 5.92 Å². The maximum absolute atomic E-state index is 12.1. The molecule has 1 aliphatic rings. The highest BCUT2D eigenvalue weighted by molar-refractivity contribution is 5.75. The molecular formula is C18H27N7O2. The van der Waals surface area contributed by atoms with Crippen LogP contribution in [0.1, 0.15) is 32.0 Å². The fourth-order valence-corrected chi connectivity index (χ4v) is 2.99. The lowest BCUT2D eigenvalue weighted by Gasteiger charge is -2.29. The topological polar surface area (TPSA) is 98.1 Å². The molecule has 1 aliphatic heterocycles. The van der Waals surface area contributed by atoms with E-state index in [1.807, 2.05) is 12.1 Å². The van der Waals surface area contributed by atoms with Crippen LogP contribution in [0.4, 0.5) is 0 Å². The maximum Gasteiger partial charge on any atom is 0.241 e. The quantitative estimate of drug-likeness (QED) is 0.652. The molecule has 0 atom stereocenters. The number of pyridine rings is 1. The van der Waals surface area contributed by atoms with Crippen LogP contribution in [0.25, 0.3) is 0 Å². The molecule has 2 aromatic rings. The number of hydrogen-bond donors (Lipinski definition) is 1. The van der Waals surface area contributed by atoms with Crippen LogP contribution in [0.15, 0.2) is 24.5 Å². The summed E-state index contributed by atoms with van der Waals surface area (Å²) in [6, 6.07) is 3.68. The molecule has 0 aromatic carbocycles. The van der Waals surface area contributed by atoms with Gasteiger partial charge in [0.1, 0.15) is 12.3 Å². The van der Waals surface area contributed by atoms with E-state index in [2.05, 4.69) is 37.6 Å².